The average Bonchev–Trinajstić information content (AvgIpc) is 2.88. The van der Waals surface area contributed by atoms with Crippen LogP contribution in [0.2, 0.25) is 0 Å². The average molecular weight is 409 g/mol. The van der Waals surface area contributed by atoms with Crippen molar-refractivity contribution in [1.82, 2.24) is 10.2 Å². The highest BCUT2D eigenvalue weighted by molar-refractivity contribution is 8.26. The number of amides is 2. The van der Waals surface area contributed by atoms with Gasteiger partial charge in [0.15, 0.2) is 0 Å². The van der Waals surface area contributed by atoms with Crippen LogP contribution in [0.15, 0.2) is 29.2 Å². The van der Waals surface area contributed by atoms with Crippen LogP contribution in [0, 0.1) is 0 Å². The van der Waals surface area contributed by atoms with Crippen LogP contribution < -0.4 is 5.32 Å². The number of phenols is 1. The Bertz CT molecular complexity index is 779. The van der Waals surface area contributed by atoms with Crippen molar-refractivity contribution in [2.45, 2.75) is 25.7 Å². The maximum atomic E-state index is 12.5. The smallest absolute Gasteiger partial charge is 0.303 e. The Labute approximate surface area is 166 Å². The molecule has 0 radical (unpaired) electrons. The molecule has 0 aromatic heterocycles. The zero-order chi connectivity index (χ0) is 19.8. The number of carboxylic acids is 1. The molecule has 27 heavy (non-hydrogen) atoms. The molecular formula is C18H20N2O5S2. The lowest BCUT2D eigenvalue weighted by Crippen LogP contribution is -2.31. The SMILES string of the molecule is O=C(O)CCCNC(=O)CCCN1C(=O)/C(=C/c2ccccc2O)SC1=S. The number of thioether (sulfide) groups is 1. The molecule has 1 aliphatic rings. The van der Waals surface area contributed by atoms with Gasteiger partial charge in [0.05, 0.1) is 4.91 Å². The fraction of sp³-hybridized carbons (Fsp3) is 0.333. The Morgan fingerprint density at radius 1 is 1.22 bits per heavy atom. The van der Waals surface area contributed by atoms with Crippen LogP contribution in [-0.4, -0.2) is 50.3 Å². The van der Waals surface area contributed by atoms with Crippen LogP contribution >= 0.6 is 24.0 Å². The second-order valence-corrected chi connectivity index (χ2v) is 7.52. The molecule has 0 saturated carbocycles. The maximum Gasteiger partial charge on any atom is 0.303 e. The van der Waals surface area contributed by atoms with Crippen LogP contribution in [0.3, 0.4) is 0 Å². The van der Waals surface area contributed by atoms with E-state index in [0.717, 1.165) is 0 Å². The van der Waals surface area contributed by atoms with Gasteiger partial charge in [0.1, 0.15) is 10.1 Å². The third kappa shape index (κ3) is 6.37. The number of thiocarbonyl (C=S) groups is 1. The molecule has 1 aromatic rings. The van der Waals surface area contributed by atoms with Gasteiger partial charge < -0.3 is 15.5 Å². The van der Waals surface area contributed by atoms with Gasteiger partial charge >= 0.3 is 5.97 Å². The Kier molecular flexibility index (Phi) is 7.81. The molecule has 144 valence electrons. The van der Waals surface area contributed by atoms with Gasteiger partial charge in [-0.05, 0) is 25.0 Å². The first-order valence-corrected chi connectivity index (χ1v) is 9.63. The molecule has 7 nitrogen and oxygen atoms in total. The van der Waals surface area contributed by atoms with E-state index in [1.807, 2.05) is 0 Å². The topological polar surface area (TPSA) is 107 Å². The summed E-state index contributed by atoms with van der Waals surface area (Å²) in [7, 11) is 0. The number of nitrogens with zero attached hydrogens (tertiary/aromatic N) is 1. The van der Waals surface area contributed by atoms with Gasteiger partial charge in [-0.3, -0.25) is 19.3 Å². The van der Waals surface area contributed by atoms with E-state index < -0.39 is 5.97 Å². The number of hydrogen-bond donors (Lipinski definition) is 3. The molecule has 0 unspecified atom stereocenters. The summed E-state index contributed by atoms with van der Waals surface area (Å²) < 4.78 is 0.420. The molecule has 1 heterocycles. The Morgan fingerprint density at radius 3 is 2.67 bits per heavy atom. The van der Waals surface area contributed by atoms with Crippen molar-refractivity contribution < 1.29 is 24.6 Å². The summed E-state index contributed by atoms with van der Waals surface area (Å²) in [5.41, 5.74) is 0.540. The Hall–Kier alpha value is -2.39. The third-order valence-corrected chi connectivity index (χ3v) is 5.15. The molecule has 1 aromatic carbocycles. The lowest BCUT2D eigenvalue weighted by molar-refractivity contribution is -0.137. The molecule has 0 spiro atoms. The van der Waals surface area contributed by atoms with Crippen LogP contribution in [0.25, 0.3) is 6.08 Å². The van der Waals surface area contributed by atoms with Gasteiger partial charge in [0.25, 0.3) is 5.91 Å². The van der Waals surface area contributed by atoms with E-state index in [2.05, 4.69) is 5.32 Å². The fourth-order valence-corrected chi connectivity index (χ4v) is 3.70. The van der Waals surface area contributed by atoms with Crippen molar-refractivity contribution >= 4 is 52.2 Å². The Balaban J connectivity index is 1.81. The van der Waals surface area contributed by atoms with E-state index in [1.165, 1.54) is 16.7 Å². The minimum Gasteiger partial charge on any atom is -0.507 e. The number of rotatable bonds is 9. The van der Waals surface area contributed by atoms with Crippen molar-refractivity contribution in [2.75, 3.05) is 13.1 Å². The summed E-state index contributed by atoms with van der Waals surface area (Å²) in [4.78, 5) is 36.5. The quantitative estimate of drug-likeness (QED) is 0.327. The van der Waals surface area contributed by atoms with E-state index >= 15 is 0 Å². The molecular weight excluding hydrogens is 388 g/mol. The molecule has 0 aliphatic carbocycles. The van der Waals surface area contributed by atoms with E-state index in [0.29, 0.717) is 40.7 Å². The molecule has 1 saturated heterocycles. The maximum absolute atomic E-state index is 12.5. The number of aliphatic carboxylic acids is 1. The second kappa shape index (κ2) is 10.1. The predicted octanol–water partition coefficient (Wildman–Crippen LogP) is 2.35. The summed E-state index contributed by atoms with van der Waals surface area (Å²) >= 11 is 6.41. The minimum absolute atomic E-state index is 0.0140. The van der Waals surface area contributed by atoms with Crippen molar-refractivity contribution in [3.63, 3.8) is 0 Å². The molecule has 2 rings (SSSR count). The highest BCUT2D eigenvalue weighted by atomic mass is 32.2. The highest BCUT2D eigenvalue weighted by Crippen LogP contribution is 2.34. The molecule has 3 N–H and O–H groups in total. The minimum atomic E-state index is -0.893. The number of nitrogens with one attached hydrogen (secondary N) is 1. The number of para-hydroxylation sites is 1. The zero-order valence-corrected chi connectivity index (χ0v) is 16.1. The first kappa shape index (κ1) is 20.9. The molecule has 1 aliphatic heterocycles. The number of carbonyl (C=O) groups excluding carboxylic acids is 2. The van der Waals surface area contributed by atoms with E-state index in [-0.39, 0.29) is 30.4 Å². The molecule has 0 atom stereocenters. The lowest BCUT2D eigenvalue weighted by atomic mass is 10.2. The Morgan fingerprint density at radius 2 is 1.96 bits per heavy atom. The predicted molar refractivity (Wildman–Crippen MR) is 107 cm³/mol. The summed E-state index contributed by atoms with van der Waals surface area (Å²) in [6.07, 6.45) is 2.67. The van der Waals surface area contributed by atoms with Gasteiger partial charge in [-0.1, -0.05) is 42.2 Å². The van der Waals surface area contributed by atoms with Crippen molar-refractivity contribution in [2.24, 2.45) is 0 Å². The molecule has 0 bridgehead atoms. The normalized spacial score (nSPS) is 15.4. The lowest BCUT2D eigenvalue weighted by Gasteiger charge is -2.14. The number of benzene rings is 1. The van der Waals surface area contributed by atoms with E-state index in [9.17, 15) is 19.5 Å². The summed E-state index contributed by atoms with van der Waals surface area (Å²) in [5, 5.41) is 21.0. The monoisotopic (exact) mass is 408 g/mol. The fourth-order valence-electron chi connectivity index (χ4n) is 2.40. The number of aromatic hydroxyl groups is 1. The number of carbonyl (C=O) groups is 3. The van der Waals surface area contributed by atoms with Gasteiger partial charge in [-0.15, -0.1) is 0 Å². The molecule has 2 amide bonds. The standard InChI is InChI=1S/C18H20N2O5S2/c21-13-6-2-1-5-12(13)11-14-17(25)20(18(26)27-14)10-4-7-15(22)19-9-3-8-16(23)24/h1-2,5-6,11,21H,3-4,7-10H2,(H,19,22)(H,23,24)/b14-11-. The molecule has 9 heteroatoms. The number of phenolic OH excluding ortho intramolecular Hbond substituents is 1. The summed E-state index contributed by atoms with van der Waals surface area (Å²) in [6, 6.07) is 6.71. The first-order chi connectivity index (χ1) is 12.9. The van der Waals surface area contributed by atoms with E-state index in [4.69, 9.17) is 17.3 Å². The molecule has 1 fully saturated rings. The zero-order valence-electron chi connectivity index (χ0n) is 14.5. The third-order valence-electron chi connectivity index (χ3n) is 3.77. The van der Waals surface area contributed by atoms with Crippen LogP contribution in [0.4, 0.5) is 0 Å². The van der Waals surface area contributed by atoms with Gasteiger partial charge in [0.2, 0.25) is 5.91 Å². The van der Waals surface area contributed by atoms with Crippen LogP contribution in [-0.2, 0) is 14.4 Å². The highest BCUT2D eigenvalue weighted by Gasteiger charge is 2.31. The van der Waals surface area contributed by atoms with Crippen molar-refractivity contribution in [3.8, 4) is 5.75 Å². The number of carboxylic acid groups (broad SMARTS) is 1. The first-order valence-electron chi connectivity index (χ1n) is 8.40. The summed E-state index contributed by atoms with van der Waals surface area (Å²) in [6.45, 7) is 0.640. The second-order valence-electron chi connectivity index (χ2n) is 5.84. The van der Waals surface area contributed by atoms with Gasteiger partial charge in [-0.2, -0.15) is 0 Å². The van der Waals surface area contributed by atoms with E-state index in [1.54, 1.807) is 30.3 Å². The van der Waals surface area contributed by atoms with Crippen molar-refractivity contribution in [3.05, 3.63) is 34.7 Å². The van der Waals surface area contributed by atoms with Crippen molar-refractivity contribution in [1.29, 1.82) is 0 Å². The largest absolute Gasteiger partial charge is 0.507 e. The van der Waals surface area contributed by atoms with Crippen LogP contribution in [0.1, 0.15) is 31.2 Å². The van der Waals surface area contributed by atoms with Gasteiger partial charge in [0, 0.05) is 31.5 Å². The van der Waals surface area contributed by atoms with Gasteiger partial charge in [-0.25, -0.2) is 0 Å². The number of hydrogen-bond acceptors (Lipinski definition) is 6. The summed E-state index contributed by atoms with van der Waals surface area (Å²) in [5.74, 6) is -1.23. The van der Waals surface area contributed by atoms with Crippen LogP contribution in [0.5, 0.6) is 5.75 Å².